The first kappa shape index (κ1) is 12.5. The van der Waals surface area contributed by atoms with E-state index < -0.39 is 17.3 Å². The number of amides is 1. The van der Waals surface area contributed by atoms with Gasteiger partial charge >= 0.3 is 5.97 Å². The third-order valence-corrected chi connectivity index (χ3v) is 3.25. The van der Waals surface area contributed by atoms with Crippen molar-refractivity contribution in [3.8, 4) is 0 Å². The zero-order valence-corrected chi connectivity index (χ0v) is 10.1. The fourth-order valence-electron chi connectivity index (χ4n) is 1.97. The molecule has 18 heavy (non-hydrogen) atoms. The average Bonchev–Trinajstić information content (AvgIpc) is 2.61. The van der Waals surface area contributed by atoms with E-state index in [9.17, 15) is 9.59 Å². The van der Waals surface area contributed by atoms with Crippen LogP contribution in [0.5, 0.6) is 0 Å². The van der Waals surface area contributed by atoms with Crippen LogP contribution in [0.2, 0.25) is 0 Å². The number of carboxylic acids is 1. The Balaban J connectivity index is 1.83. The highest BCUT2D eigenvalue weighted by Crippen LogP contribution is 2.41. The summed E-state index contributed by atoms with van der Waals surface area (Å²) in [6.07, 6.45) is 2.04. The minimum Gasteiger partial charge on any atom is -0.480 e. The van der Waals surface area contributed by atoms with Crippen LogP contribution in [-0.2, 0) is 16.0 Å². The second kappa shape index (κ2) is 4.75. The Hall–Kier alpha value is -1.92. The van der Waals surface area contributed by atoms with Gasteiger partial charge in [-0.2, -0.15) is 4.98 Å². The lowest BCUT2D eigenvalue weighted by atomic mass is 9.68. The predicted molar refractivity (Wildman–Crippen MR) is 59.7 cm³/mol. The molecule has 0 atom stereocenters. The standard InChI is InChI=1S/C11H15N3O4/c1-7-13-8(14-18-7)3-6-12-9(15)11(10(16)17)4-2-5-11/h2-6H2,1H3,(H,12,15)(H,16,17). The van der Waals surface area contributed by atoms with E-state index in [1.54, 1.807) is 6.92 Å². The van der Waals surface area contributed by atoms with Gasteiger partial charge in [-0.3, -0.25) is 9.59 Å². The van der Waals surface area contributed by atoms with Crippen molar-refractivity contribution >= 4 is 11.9 Å². The van der Waals surface area contributed by atoms with Crippen molar-refractivity contribution in [1.29, 1.82) is 0 Å². The van der Waals surface area contributed by atoms with E-state index in [0.29, 0.717) is 37.5 Å². The minimum atomic E-state index is -1.22. The molecule has 1 aliphatic carbocycles. The lowest BCUT2D eigenvalue weighted by molar-refractivity contribution is -0.162. The third-order valence-electron chi connectivity index (χ3n) is 3.25. The molecule has 1 aliphatic rings. The van der Waals surface area contributed by atoms with Crippen molar-refractivity contribution in [3.63, 3.8) is 0 Å². The number of carbonyl (C=O) groups excluding carboxylic acids is 1. The van der Waals surface area contributed by atoms with Crippen LogP contribution in [0.15, 0.2) is 4.52 Å². The van der Waals surface area contributed by atoms with Gasteiger partial charge in [0.05, 0.1) is 0 Å². The fraction of sp³-hybridized carbons (Fsp3) is 0.636. The van der Waals surface area contributed by atoms with Crippen molar-refractivity contribution in [3.05, 3.63) is 11.7 Å². The second-order valence-electron chi connectivity index (χ2n) is 4.48. The van der Waals surface area contributed by atoms with Gasteiger partial charge in [0.2, 0.25) is 11.8 Å². The largest absolute Gasteiger partial charge is 0.480 e. The number of carbonyl (C=O) groups is 2. The Morgan fingerprint density at radius 2 is 2.22 bits per heavy atom. The van der Waals surface area contributed by atoms with E-state index in [4.69, 9.17) is 9.63 Å². The molecule has 1 heterocycles. The molecule has 0 aliphatic heterocycles. The number of aliphatic carboxylic acids is 1. The molecule has 1 aromatic heterocycles. The number of aromatic nitrogens is 2. The van der Waals surface area contributed by atoms with Crippen molar-refractivity contribution in [2.45, 2.75) is 32.6 Å². The van der Waals surface area contributed by atoms with Crippen LogP contribution in [0.1, 0.15) is 31.0 Å². The van der Waals surface area contributed by atoms with Gasteiger partial charge < -0.3 is 14.9 Å². The Labute approximate surface area is 104 Å². The van der Waals surface area contributed by atoms with Crippen molar-refractivity contribution in [2.24, 2.45) is 5.41 Å². The predicted octanol–water partition coefficient (Wildman–Crippen LogP) is 0.292. The quantitative estimate of drug-likeness (QED) is 0.731. The summed E-state index contributed by atoms with van der Waals surface area (Å²) in [7, 11) is 0. The molecule has 2 N–H and O–H groups in total. The van der Waals surface area contributed by atoms with Gasteiger partial charge in [0, 0.05) is 19.9 Å². The van der Waals surface area contributed by atoms with E-state index in [1.807, 2.05) is 0 Å². The summed E-state index contributed by atoms with van der Waals surface area (Å²) >= 11 is 0. The van der Waals surface area contributed by atoms with E-state index in [2.05, 4.69) is 15.5 Å². The summed E-state index contributed by atoms with van der Waals surface area (Å²) < 4.78 is 4.79. The summed E-state index contributed by atoms with van der Waals surface area (Å²) in [4.78, 5) is 26.9. The molecule has 2 rings (SSSR count). The van der Waals surface area contributed by atoms with Crippen LogP contribution in [0.4, 0.5) is 0 Å². The Morgan fingerprint density at radius 1 is 1.50 bits per heavy atom. The molecule has 1 amide bonds. The van der Waals surface area contributed by atoms with Crippen molar-refractivity contribution in [2.75, 3.05) is 6.54 Å². The topological polar surface area (TPSA) is 105 Å². The maximum absolute atomic E-state index is 11.8. The Morgan fingerprint density at radius 3 is 2.67 bits per heavy atom. The molecular formula is C11H15N3O4. The lowest BCUT2D eigenvalue weighted by Crippen LogP contribution is -2.51. The second-order valence-corrected chi connectivity index (χ2v) is 4.48. The molecule has 0 bridgehead atoms. The van der Waals surface area contributed by atoms with E-state index >= 15 is 0 Å². The summed E-state index contributed by atoms with van der Waals surface area (Å²) in [5.41, 5.74) is -1.22. The van der Waals surface area contributed by atoms with Gasteiger partial charge in [0.25, 0.3) is 0 Å². The minimum absolute atomic E-state index is 0.312. The van der Waals surface area contributed by atoms with Crippen LogP contribution in [0, 0.1) is 12.3 Å². The summed E-state index contributed by atoms with van der Waals surface area (Å²) in [5, 5.41) is 15.4. The highest BCUT2D eigenvalue weighted by molar-refractivity contribution is 6.02. The van der Waals surface area contributed by atoms with Crippen LogP contribution in [0.3, 0.4) is 0 Å². The molecule has 0 aromatic carbocycles. The molecule has 1 saturated carbocycles. The monoisotopic (exact) mass is 253 g/mol. The fourth-order valence-corrected chi connectivity index (χ4v) is 1.97. The number of hydrogen-bond acceptors (Lipinski definition) is 5. The Bertz CT molecular complexity index is 465. The Kier molecular flexibility index (Phi) is 3.31. The summed E-state index contributed by atoms with van der Waals surface area (Å²) in [6.45, 7) is 2.00. The SMILES string of the molecule is Cc1nc(CCNC(=O)C2(C(=O)O)CCC2)no1. The zero-order chi connectivity index (χ0) is 13.2. The van der Waals surface area contributed by atoms with E-state index in [0.717, 1.165) is 6.42 Å². The third kappa shape index (κ3) is 2.20. The molecule has 7 heteroatoms. The van der Waals surface area contributed by atoms with Crippen LogP contribution < -0.4 is 5.32 Å². The molecule has 7 nitrogen and oxygen atoms in total. The highest BCUT2D eigenvalue weighted by Gasteiger charge is 2.50. The molecule has 1 fully saturated rings. The van der Waals surface area contributed by atoms with Gasteiger partial charge in [-0.05, 0) is 12.8 Å². The number of nitrogens with one attached hydrogen (secondary N) is 1. The normalized spacial score (nSPS) is 16.9. The van der Waals surface area contributed by atoms with Crippen molar-refractivity contribution < 1.29 is 19.2 Å². The number of aryl methyl sites for hydroxylation is 1. The number of carboxylic acid groups (broad SMARTS) is 1. The molecule has 0 radical (unpaired) electrons. The van der Waals surface area contributed by atoms with Gasteiger partial charge in [0.1, 0.15) is 5.41 Å². The first-order valence-corrected chi connectivity index (χ1v) is 5.85. The van der Waals surface area contributed by atoms with Gasteiger partial charge in [-0.25, -0.2) is 0 Å². The smallest absolute Gasteiger partial charge is 0.319 e. The average molecular weight is 253 g/mol. The summed E-state index contributed by atoms with van der Waals surface area (Å²) in [6, 6.07) is 0. The first-order chi connectivity index (χ1) is 8.54. The molecule has 0 spiro atoms. The van der Waals surface area contributed by atoms with Gasteiger partial charge in [-0.15, -0.1) is 0 Å². The van der Waals surface area contributed by atoms with E-state index in [-0.39, 0.29) is 0 Å². The highest BCUT2D eigenvalue weighted by atomic mass is 16.5. The molecule has 1 aromatic rings. The van der Waals surface area contributed by atoms with Crippen molar-refractivity contribution in [1.82, 2.24) is 15.5 Å². The molecule has 0 unspecified atom stereocenters. The summed E-state index contributed by atoms with van der Waals surface area (Å²) in [5.74, 6) is -0.480. The lowest BCUT2D eigenvalue weighted by Gasteiger charge is -2.35. The number of rotatable bonds is 5. The molecule has 0 saturated heterocycles. The molecule has 98 valence electrons. The molecular weight excluding hydrogens is 238 g/mol. The number of hydrogen-bond donors (Lipinski definition) is 2. The van der Waals surface area contributed by atoms with Crippen LogP contribution in [-0.4, -0.2) is 33.7 Å². The maximum atomic E-state index is 11.8. The zero-order valence-electron chi connectivity index (χ0n) is 10.1. The maximum Gasteiger partial charge on any atom is 0.319 e. The number of nitrogens with zero attached hydrogens (tertiary/aromatic N) is 2. The van der Waals surface area contributed by atoms with Crippen LogP contribution >= 0.6 is 0 Å². The first-order valence-electron chi connectivity index (χ1n) is 5.85. The van der Waals surface area contributed by atoms with Gasteiger partial charge in [-0.1, -0.05) is 11.6 Å². The van der Waals surface area contributed by atoms with Gasteiger partial charge in [0.15, 0.2) is 5.82 Å². The van der Waals surface area contributed by atoms with E-state index in [1.165, 1.54) is 0 Å². The van der Waals surface area contributed by atoms with Crippen LogP contribution in [0.25, 0.3) is 0 Å².